The third kappa shape index (κ3) is 5.52. The van der Waals surface area contributed by atoms with Gasteiger partial charge in [-0.3, -0.25) is 14.9 Å². The lowest BCUT2D eigenvalue weighted by Gasteiger charge is -2.18. The molecule has 2 aromatic carbocycles. The molecule has 0 fully saturated rings. The molecule has 1 heterocycles. The highest BCUT2D eigenvalue weighted by atomic mass is 32.1. The number of benzene rings is 2. The first-order chi connectivity index (χ1) is 13.5. The number of nitrogens with one attached hydrogen (secondary N) is 3. The van der Waals surface area contributed by atoms with Crippen molar-refractivity contribution in [2.24, 2.45) is 0 Å². The van der Waals surface area contributed by atoms with E-state index in [0.717, 1.165) is 10.4 Å². The van der Waals surface area contributed by atoms with E-state index in [0.29, 0.717) is 11.4 Å². The van der Waals surface area contributed by atoms with Gasteiger partial charge in [0.05, 0.1) is 12.6 Å². The predicted molar refractivity (Wildman–Crippen MR) is 115 cm³/mol. The Balaban J connectivity index is 1.62. The molecule has 3 aromatic rings. The maximum Gasteiger partial charge on any atom is 0.238 e. The van der Waals surface area contributed by atoms with Crippen LogP contribution in [0.2, 0.25) is 0 Å². The van der Waals surface area contributed by atoms with E-state index in [1.54, 1.807) is 35.6 Å². The first-order valence-electron chi connectivity index (χ1n) is 9.02. The number of thiophene rings is 1. The maximum atomic E-state index is 12.4. The molecule has 0 unspecified atom stereocenters. The van der Waals surface area contributed by atoms with Crippen molar-refractivity contribution in [3.05, 3.63) is 82.0 Å². The van der Waals surface area contributed by atoms with Gasteiger partial charge in [0.1, 0.15) is 0 Å². The van der Waals surface area contributed by atoms with Crippen LogP contribution in [0.25, 0.3) is 0 Å². The number of hydrogen-bond donors (Lipinski definition) is 3. The molecule has 0 aliphatic heterocycles. The molecule has 0 saturated carbocycles. The van der Waals surface area contributed by atoms with Gasteiger partial charge >= 0.3 is 0 Å². The third-order valence-corrected chi connectivity index (χ3v) is 5.13. The molecule has 28 heavy (non-hydrogen) atoms. The van der Waals surface area contributed by atoms with E-state index in [1.807, 2.05) is 11.4 Å². The van der Waals surface area contributed by atoms with Gasteiger partial charge in [-0.1, -0.05) is 35.9 Å². The Morgan fingerprint density at radius 3 is 2.14 bits per heavy atom. The number of carbonyl (C=O) groups is 2. The Bertz CT molecular complexity index is 919. The standard InChI is InChI=1S/C22H23N3O2S/c1-15-5-7-17(8-6-15)22(20-4-3-13-28-20)23-14-21(27)25-19-11-9-18(10-12-19)24-16(2)26/h3-13,22-23H,14H2,1-2H3,(H,24,26)(H,25,27)/t22-/m1/s1. The molecule has 1 atom stereocenters. The topological polar surface area (TPSA) is 70.2 Å². The fourth-order valence-corrected chi connectivity index (χ4v) is 3.66. The summed E-state index contributed by atoms with van der Waals surface area (Å²) >= 11 is 1.66. The fraction of sp³-hybridized carbons (Fsp3) is 0.182. The lowest BCUT2D eigenvalue weighted by Crippen LogP contribution is -2.31. The highest BCUT2D eigenvalue weighted by Crippen LogP contribution is 2.26. The Morgan fingerprint density at radius 1 is 0.929 bits per heavy atom. The van der Waals surface area contributed by atoms with Crippen LogP contribution >= 0.6 is 11.3 Å². The number of hydrogen-bond acceptors (Lipinski definition) is 4. The second kappa shape index (κ2) is 9.30. The van der Waals surface area contributed by atoms with Crippen molar-refractivity contribution in [3.63, 3.8) is 0 Å². The summed E-state index contributed by atoms with van der Waals surface area (Å²) in [6.07, 6.45) is 0. The van der Waals surface area contributed by atoms with Gasteiger partial charge in [-0.15, -0.1) is 11.3 Å². The number of amides is 2. The minimum Gasteiger partial charge on any atom is -0.326 e. The molecule has 1 aromatic heterocycles. The SMILES string of the molecule is CC(=O)Nc1ccc(NC(=O)CN[C@H](c2ccc(C)cc2)c2cccs2)cc1. The molecule has 0 radical (unpaired) electrons. The van der Waals surface area contributed by atoms with Gasteiger partial charge in [-0.05, 0) is 48.2 Å². The highest BCUT2D eigenvalue weighted by Gasteiger charge is 2.16. The molecule has 3 N–H and O–H groups in total. The average Bonchev–Trinajstić information content (AvgIpc) is 3.19. The Hall–Kier alpha value is -2.96. The van der Waals surface area contributed by atoms with E-state index in [9.17, 15) is 9.59 Å². The van der Waals surface area contributed by atoms with E-state index in [2.05, 4.69) is 53.2 Å². The molecule has 144 valence electrons. The van der Waals surface area contributed by atoms with E-state index in [1.165, 1.54) is 12.5 Å². The normalized spacial score (nSPS) is 11.6. The fourth-order valence-electron chi connectivity index (χ4n) is 2.84. The van der Waals surface area contributed by atoms with Crippen molar-refractivity contribution >= 4 is 34.5 Å². The summed E-state index contributed by atoms with van der Waals surface area (Å²) in [5.74, 6) is -0.252. The monoisotopic (exact) mass is 393 g/mol. The van der Waals surface area contributed by atoms with Gasteiger partial charge in [-0.25, -0.2) is 0 Å². The van der Waals surface area contributed by atoms with Crippen LogP contribution in [0.1, 0.15) is 29.0 Å². The minimum absolute atomic E-state index is 0.0338. The summed E-state index contributed by atoms with van der Waals surface area (Å²) in [6, 6.07) is 19.4. The van der Waals surface area contributed by atoms with Crippen molar-refractivity contribution in [1.29, 1.82) is 0 Å². The van der Waals surface area contributed by atoms with Crippen molar-refractivity contribution < 1.29 is 9.59 Å². The summed E-state index contributed by atoms with van der Waals surface area (Å²) in [4.78, 5) is 24.6. The smallest absolute Gasteiger partial charge is 0.238 e. The zero-order valence-corrected chi connectivity index (χ0v) is 16.7. The van der Waals surface area contributed by atoms with Gasteiger partial charge in [0.25, 0.3) is 0 Å². The number of rotatable bonds is 7. The number of carbonyl (C=O) groups excluding carboxylic acids is 2. The van der Waals surface area contributed by atoms with Gasteiger partial charge < -0.3 is 10.6 Å². The molecule has 0 aliphatic carbocycles. The van der Waals surface area contributed by atoms with Crippen LogP contribution in [0.3, 0.4) is 0 Å². The Labute approximate surface area is 168 Å². The van der Waals surface area contributed by atoms with E-state index in [4.69, 9.17) is 0 Å². The minimum atomic E-state index is -0.128. The van der Waals surface area contributed by atoms with E-state index < -0.39 is 0 Å². The van der Waals surface area contributed by atoms with E-state index >= 15 is 0 Å². The van der Waals surface area contributed by atoms with Crippen LogP contribution in [0, 0.1) is 6.92 Å². The van der Waals surface area contributed by atoms with Crippen LogP contribution in [-0.4, -0.2) is 18.4 Å². The van der Waals surface area contributed by atoms with Gasteiger partial charge in [-0.2, -0.15) is 0 Å². The van der Waals surface area contributed by atoms with Crippen molar-refractivity contribution in [3.8, 4) is 0 Å². The predicted octanol–water partition coefficient (Wildman–Crippen LogP) is 4.33. The largest absolute Gasteiger partial charge is 0.326 e. The molecule has 3 rings (SSSR count). The Kier molecular flexibility index (Phi) is 6.57. The molecule has 0 saturated heterocycles. The molecule has 2 amide bonds. The number of aryl methyl sites for hydroxylation is 1. The van der Waals surface area contributed by atoms with Crippen molar-refractivity contribution in [2.45, 2.75) is 19.9 Å². The van der Waals surface area contributed by atoms with Gasteiger partial charge in [0, 0.05) is 23.2 Å². The molecule has 0 aliphatic rings. The quantitative estimate of drug-likeness (QED) is 0.559. The molecule has 0 spiro atoms. The summed E-state index contributed by atoms with van der Waals surface area (Å²) in [6.45, 7) is 3.70. The van der Waals surface area contributed by atoms with E-state index in [-0.39, 0.29) is 24.4 Å². The van der Waals surface area contributed by atoms with Crippen LogP contribution in [-0.2, 0) is 9.59 Å². The molecule has 0 bridgehead atoms. The van der Waals surface area contributed by atoms with Crippen LogP contribution < -0.4 is 16.0 Å². The molecular weight excluding hydrogens is 370 g/mol. The van der Waals surface area contributed by atoms with Crippen molar-refractivity contribution in [1.82, 2.24) is 5.32 Å². The van der Waals surface area contributed by atoms with Crippen LogP contribution in [0.15, 0.2) is 66.0 Å². The molecule has 6 heteroatoms. The van der Waals surface area contributed by atoms with Crippen molar-refractivity contribution in [2.75, 3.05) is 17.2 Å². The second-order valence-electron chi connectivity index (χ2n) is 6.55. The number of anilines is 2. The van der Waals surface area contributed by atoms with Crippen LogP contribution in [0.4, 0.5) is 11.4 Å². The third-order valence-electron chi connectivity index (χ3n) is 4.19. The molecule has 5 nitrogen and oxygen atoms in total. The Morgan fingerprint density at radius 2 is 1.57 bits per heavy atom. The zero-order chi connectivity index (χ0) is 19.9. The summed E-state index contributed by atoms with van der Waals surface area (Å²) in [5, 5.41) is 11.0. The lowest BCUT2D eigenvalue weighted by atomic mass is 10.0. The summed E-state index contributed by atoms with van der Waals surface area (Å²) in [5.41, 5.74) is 3.71. The molecular formula is C22H23N3O2S. The highest BCUT2D eigenvalue weighted by molar-refractivity contribution is 7.10. The lowest BCUT2D eigenvalue weighted by molar-refractivity contribution is -0.115. The van der Waals surface area contributed by atoms with Gasteiger partial charge in [0.15, 0.2) is 0 Å². The summed E-state index contributed by atoms with van der Waals surface area (Å²) < 4.78 is 0. The van der Waals surface area contributed by atoms with Crippen LogP contribution in [0.5, 0.6) is 0 Å². The van der Waals surface area contributed by atoms with Gasteiger partial charge in [0.2, 0.25) is 11.8 Å². The first-order valence-corrected chi connectivity index (χ1v) is 9.90. The summed E-state index contributed by atoms with van der Waals surface area (Å²) in [7, 11) is 0. The maximum absolute atomic E-state index is 12.4. The second-order valence-corrected chi connectivity index (χ2v) is 7.53. The zero-order valence-electron chi connectivity index (χ0n) is 15.9. The average molecular weight is 394 g/mol. The first kappa shape index (κ1) is 19.8.